The highest BCUT2D eigenvalue weighted by Gasteiger charge is 2.23. The Labute approximate surface area is 245 Å². The normalized spacial score (nSPS) is 11.4. The summed E-state index contributed by atoms with van der Waals surface area (Å²) >= 11 is 9.05. The van der Waals surface area contributed by atoms with Crippen molar-refractivity contribution in [2.75, 3.05) is 17.2 Å². The molecule has 9 heteroatoms. The minimum Gasteiger partial charge on any atom is -0.484 e. The van der Waals surface area contributed by atoms with E-state index < -0.39 is 5.25 Å². The molecule has 5 rings (SSSR count). The van der Waals surface area contributed by atoms with Crippen LogP contribution in [-0.2, 0) is 9.59 Å². The molecule has 1 aromatic heterocycles. The molecule has 1 unspecified atom stereocenters. The quantitative estimate of drug-likeness (QED) is 0.163. The van der Waals surface area contributed by atoms with E-state index in [1.54, 1.807) is 18.2 Å². The van der Waals surface area contributed by atoms with E-state index in [-0.39, 0.29) is 18.4 Å². The number of para-hydroxylation sites is 1. The van der Waals surface area contributed by atoms with E-state index in [4.69, 9.17) is 16.3 Å². The number of amides is 2. The van der Waals surface area contributed by atoms with Crippen LogP contribution in [0.1, 0.15) is 10.8 Å². The van der Waals surface area contributed by atoms with Crippen LogP contribution >= 0.6 is 34.7 Å². The van der Waals surface area contributed by atoms with Crippen molar-refractivity contribution in [1.29, 1.82) is 0 Å². The number of halogens is 1. The second-order valence-electron chi connectivity index (χ2n) is 8.59. The lowest BCUT2D eigenvalue weighted by molar-refractivity contribution is -0.118. The lowest BCUT2D eigenvalue weighted by Gasteiger charge is -2.17. The van der Waals surface area contributed by atoms with Crippen LogP contribution in [0.3, 0.4) is 0 Å². The van der Waals surface area contributed by atoms with E-state index in [1.807, 2.05) is 96.4 Å². The Kier molecular flexibility index (Phi) is 9.13. The summed E-state index contributed by atoms with van der Waals surface area (Å²) in [7, 11) is 0. The maximum absolute atomic E-state index is 13.5. The lowest BCUT2D eigenvalue weighted by Crippen LogP contribution is -2.20. The topological polar surface area (TPSA) is 80.3 Å². The molecule has 0 aliphatic heterocycles. The number of nitrogens with one attached hydrogen (secondary N) is 2. The fourth-order valence-corrected chi connectivity index (χ4v) is 5.87. The monoisotopic (exact) mass is 585 g/mol. The molecule has 4 aromatic carbocycles. The molecule has 6 nitrogen and oxygen atoms in total. The molecule has 0 fully saturated rings. The van der Waals surface area contributed by atoms with Gasteiger partial charge in [-0.2, -0.15) is 0 Å². The zero-order valence-electron chi connectivity index (χ0n) is 21.1. The van der Waals surface area contributed by atoms with Gasteiger partial charge in [0.1, 0.15) is 11.0 Å². The summed E-state index contributed by atoms with van der Waals surface area (Å²) in [5, 5.41) is 8.23. The van der Waals surface area contributed by atoms with Gasteiger partial charge in [0.2, 0.25) is 5.91 Å². The zero-order valence-corrected chi connectivity index (χ0v) is 23.5. The first-order chi connectivity index (χ1) is 19.5. The number of ether oxygens (including phenoxy) is 1. The lowest BCUT2D eigenvalue weighted by atomic mass is 10.1. The van der Waals surface area contributed by atoms with E-state index in [9.17, 15) is 9.59 Å². The maximum atomic E-state index is 13.5. The predicted octanol–water partition coefficient (Wildman–Crippen LogP) is 7.95. The van der Waals surface area contributed by atoms with Gasteiger partial charge in [-0.3, -0.25) is 9.59 Å². The molecule has 5 aromatic rings. The van der Waals surface area contributed by atoms with Crippen molar-refractivity contribution in [3.8, 4) is 17.0 Å². The van der Waals surface area contributed by atoms with Crippen LogP contribution in [0, 0.1) is 0 Å². The minimum absolute atomic E-state index is 0.111. The van der Waals surface area contributed by atoms with Crippen molar-refractivity contribution in [3.05, 3.63) is 125 Å². The molecule has 0 saturated carbocycles. The number of hydrogen-bond acceptors (Lipinski definition) is 6. The van der Waals surface area contributed by atoms with E-state index in [0.29, 0.717) is 27.3 Å². The molecule has 2 amide bonds. The molecule has 1 atom stereocenters. The van der Waals surface area contributed by atoms with Gasteiger partial charge >= 0.3 is 0 Å². The number of benzene rings is 4. The van der Waals surface area contributed by atoms with Gasteiger partial charge in [-0.05, 0) is 42.0 Å². The van der Waals surface area contributed by atoms with E-state index in [2.05, 4.69) is 15.6 Å². The van der Waals surface area contributed by atoms with Gasteiger partial charge in [-0.25, -0.2) is 4.98 Å². The molecule has 0 radical (unpaired) electrons. The summed E-state index contributed by atoms with van der Waals surface area (Å²) in [4.78, 5) is 31.4. The third kappa shape index (κ3) is 7.30. The number of thiazole rings is 1. The van der Waals surface area contributed by atoms with Crippen LogP contribution < -0.4 is 15.4 Å². The number of hydrogen-bond donors (Lipinski definition) is 2. The number of carbonyl (C=O) groups excluding carboxylic acids is 2. The Morgan fingerprint density at radius 2 is 1.60 bits per heavy atom. The Bertz CT molecular complexity index is 1600. The van der Waals surface area contributed by atoms with Crippen molar-refractivity contribution in [2.24, 2.45) is 0 Å². The molecule has 1 heterocycles. The summed E-state index contributed by atoms with van der Waals surface area (Å²) in [6.45, 7) is -0.111. The highest BCUT2D eigenvalue weighted by molar-refractivity contribution is 8.00. The first-order valence-corrected chi connectivity index (χ1v) is 14.5. The summed E-state index contributed by atoms with van der Waals surface area (Å²) < 4.78 is 5.53. The number of rotatable bonds is 10. The molecular formula is C31H24ClN3O3S2. The van der Waals surface area contributed by atoms with Crippen LogP contribution in [0.2, 0.25) is 5.02 Å². The SMILES string of the molecule is O=C(COc1ccccc1)Nc1cccc(SC(C(=O)Nc2nc(-c3ccccc3Cl)cs2)c2ccccc2)c1. The summed E-state index contributed by atoms with van der Waals surface area (Å²) in [5.74, 6) is 0.140. The standard InChI is InChI=1S/C31H24ClN3O3S2/c32-26-17-8-7-16-25(26)27-20-39-31(34-27)35-30(37)29(21-10-3-1-4-11-21)40-24-15-9-12-22(18-24)33-28(36)19-38-23-13-5-2-6-14-23/h1-18,20,29H,19H2,(H,33,36)(H,34,35,37). The molecule has 0 aliphatic rings. The van der Waals surface area contributed by atoms with Crippen LogP contribution in [-0.4, -0.2) is 23.4 Å². The first-order valence-electron chi connectivity index (χ1n) is 12.4. The van der Waals surface area contributed by atoms with Crippen LogP contribution in [0.4, 0.5) is 10.8 Å². The molecule has 0 saturated heterocycles. The smallest absolute Gasteiger partial charge is 0.262 e. The van der Waals surface area contributed by atoms with Crippen molar-refractivity contribution < 1.29 is 14.3 Å². The van der Waals surface area contributed by atoms with Crippen molar-refractivity contribution in [3.63, 3.8) is 0 Å². The summed E-state index contributed by atoms with van der Waals surface area (Å²) in [6.07, 6.45) is 0. The molecule has 0 aliphatic carbocycles. The third-order valence-corrected chi connectivity index (χ3v) is 8.04. The Morgan fingerprint density at radius 1 is 0.875 bits per heavy atom. The largest absolute Gasteiger partial charge is 0.484 e. The van der Waals surface area contributed by atoms with Gasteiger partial charge in [0.25, 0.3) is 5.91 Å². The summed E-state index contributed by atoms with van der Waals surface area (Å²) in [6, 6.07) is 33.6. The fourth-order valence-electron chi connectivity index (χ4n) is 3.84. The second kappa shape index (κ2) is 13.3. The molecular weight excluding hydrogens is 562 g/mol. The van der Waals surface area contributed by atoms with Gasteiger partial charge in [0.05, 0.1) is 5.69 Å². The molecule has 2 N–H and O–H groups in total. The number of thioether (sulfide) groups is 1. The molecule has 0 spiro atoms. The van der Waals surface area contributed by atoms with E-state index in [1.165, 1.54) is 23.1 Å². The van der Waals surface area contributed by atoms with Crippen molar-refractivity contribution >= 4 is 57.3 Å². The minimum atomic E-state index is -0.554. The fraction of sp³-hybridized carbons (Fsp3) is 0.0645. The van der Waals surface area contributed by atoms with Gasteiger partial charge in [0, 0.05) is 26.5 Å². The van der Waals surface area contributed by atoms with E-state index >= 15 is 0 Å². The highest BCUT2D eigenvalue weighted by Crippen LogP contribution is 2.38. The van der Waals surface area contributed by atoms with Crippen LogP contribution in [0.25, 0.3) is 11.3 Å². The number of aromatic nitrogens is 1. The van der Waals surface area contributed by atoms with Crippen molar-refractivity contribution in [2.45, 2.75) is 10.1 Å². The second-order valence-corrected chi connectivity index (χ2v) is 11.0. The third-order valence-electron chi connectivity index (χ3n) is 5.71. The summed E-state index contributed by atoms with van der Waals surface area (Å²) in [5.41, 5.74) is 2.97. The number of carbonyl (C=O) groups is 2. The zero-order chi connectivity index (χ0) is 27.7. The van der Waals surface area contributed by atoms with Crippen LogP contribution in [0.15, 0.2) is 119 Å². The number of nitrogens with zero attached hydrogens (tertiary/aromatic N) is 1. The maximum Gasteiger partial charge on any atom is 0.262 e. The average molecular weight is 586 g/mol. The van der Waals surface area contributed by atoms with Gasteiger partial charge in [-0.15, -0.1) is 23.1 Å². The Hall–Kier alpha value is -4.11. The highest BCUT2D eigenvalue weighted by atomic mass is 35.5. The number of anilines is 2. The van der Waals surface area contributed by atoms with Crippen molar-refractivity contribution in [1.82, 2.24) is 4.98 Å². The van der Waals surface area contributed by atoms with E-state index in [0.717, 1.165) is 16.0 Å². The van der Waals surface area contributed by atoms with Crippen LogP contribution in [0.5, 0.6) is 5.75 Å². The average Bonchev–Trinajstić information content (AvgIpc) is 3.44. The molecule has 0 bridgehead atoms. The predicted molar refractivity (Wildman–Crippen MR) is 163 cm³/mol. The Morgan fingerprint density at radius 3 is 2.38 bits per heavy atom. The Balaban J connectivity index is 1.28. The van der Waals surface area contributed by atoms with Gasteiger partial charge < -0.3 is 15.4 Å². The molecule has 200 valence electrons. The van der Waals surface area contributed by atoms with Gasteiger partial charge in [0.15, 0.2) is 11.7 Å². The van der Waals surface area contributed by atoms with Gasteiger partial charge in [-0.1, -0.05) is 84.4 Å². The first kappa shape index (κ1) is 27.5. The molecule has 40 heavy (non-hydrogen) atoms.